The van der Waals surface area contributed by atoms with Gasteiger partial charge in [0, 0.05) is 25.1 Å². The van der Waals surface area contributed by atoms with Crippen LogP contribution in [-0.4, -0.2) is 16.3 Å². The Labute approximate surface area is 97.2 Å². The van der Waals surface area contributed by atoms with Crippen molar-refractivity contribution in [2.24, 2.45) is 5.92 Å². The molecular formula is C13H21N3. The minimum atomic E-state index is 0.701. The van der Waals surface area contributed by atoms with E-state index in [-0.39, 0.29) is 0 Å². The van der Waals surface area contributed by atoms with E-state index in [0.717, 1.165) is 19.0 Å². The van der Waals surface area contributed by atoms with Crippen LogP contribution in [0.25, 0.3) is 0 Å². The van der Waals surface area contributed by atoms with Gasteiger partial charge in [0.15, 0.2) is 0 Å². The van der Waals surface area contributed by atoms with Crippen molar-refractivity contribution < 1.29 is 0 Å². The van der Waals surface area contributed by atoms with Crippen LogP contribution in [0.5, 0.6) is 0 Å². The van der Waals surface area contributed by atoms with Gasteiger partial charge in [-0.2, -0.15) is 5.10 Å². The lowest BCUT2D eigenvalue weighted by atomic mass is 9.87. The monoisotopic (exact) mass is 219 g/mol. The van der Waals surface area contributed by atoms with Gasteiger partial charge in [0.2, 0.25) is 0 Å². The highest BCUT2D eigenvalue weighted by atomic mass is 15.3. The molecule has 0 aromatic carbocycles. The highest BCUT2D eigenvalue weighted by Crippen LogP contribution is 2.33. The first-order valence-electron chi connectivity index (χ1n) is 6.64. The Kier molecular flexibility index (Phi) is 2.62. The number of fused-ring (bicyclic) bond motifs is 1. The summed E-state index contributed by atoms with van der Waals surface area (Å²) >= 11 is 0. The number of anilines is 1. The van der Waals surface area contributed by atoms with E-state index in [1.54, 1.807) is 0 Å². The third kappa shape index (κ3) is 1.83. The second-order valence-electron chi connectivity index (χ2n) is 5.46. The van der Waals surface area contributed by atoms with Crippen molar-refractivity contribution in [2.45, 2.75) is 51.5 Å². The second kappa shape index (κ2) is 4.11. The summed E-state index contributed by atoms with van der Waals surface area (Å²) < 4.78 is 2.16. The van der Waals surface area contributed by atoms with E-state index in [0.29, 0.717) is 5.92 Å². The molecule has 1 aromatic rings. The molecule has 1 fully saturated rings. The summed E-state index contributed by atoms with van der Waals surface area (Å²) in [6.07, 6.45) is 6.87. The first-order chi connectivity index (χ1) is 7.83. The van der Waals surface area contributed by atoms with Crippen LogP contribution in [0.4, 0.5) is 5.82 Å². The standard InChI is InChI=1S/C13H21N3/c1-10-8-14-13-7-12(15-16(13)9-10)11-5-3-2-4-6-11/h7,10-11,14H,2-6,8-9H2,1H3. The number of hydrogen-bond acceptors (Lipinski definition) is 2. The summed E-state index contributed by atoms with van der Waals surface area (Å²) in [6.45, 7) is 4.45. The third-order valence-corrected chi connectivity index (χ3v) is 3.94. The Hall–Kier alpha value is -0.990. The molecule has 3 rings (SSSR count). The largest absolute Gasteiger partial charge is 0.370 e. The Bertz CT molecular complexity index is 363. The van der Waals surface area contributed by atoms with Gasteiger partial charge in [0.1, 0.15) is 5.82 Å². The molecular weight excluding hydrogens is 198 g/mol. The average Bonchev–Trinajstić information content (AvgIpc) is 2.73. The van der Waals surface area contributed by atoms with E-state index >= 15 is 0 Å². The SMILES string of the molecule is CC1CNc2cc(C3CCCCC3)nn2C1. The van der Waals surface area contributed by atoms with Gasteiger partial charge in [-0.3, -0.25) is 0 Å². The third-order valence-electron chi connectivity index (χ3n) is 3.94. The summed E-state index contributed by atoms with van der Waals surface area (Å²) in [5.41, 5.74) is 1.33. The summed E-state index contributed by atoms with van der Waals surface area (Å²) in [5, 5.41) is 8.25. The molecule has 1 unspecified atom stereocenters. The van der Waals surface area contributed by atoms with Crippen LogP contribution in [0.1, 0.15) is 50.6 Å². The van der Waals surface area contributed by atoms with Crippen molar-refractivity contribution in [3.8, 4) is 0 Å². The predicted octanol–water partition coefficient (Wildman–Crippen LogP) is 2.99. The molecule has 0 bridgehead atoms. The van der Waals surface area contributed by atoms with Crippen LogP contribution in [-0.2, 0) is 6.54 Å². The minimum Gasteiger partial charge on any atom is -0.370 e. The number of nitrogens with zero attached hydrogens (tertiary/aromatic N) is 2. The summed E-state index contributed by atoms with van der Waals surface area (Å²) in [5.74, 6) is 2.66. The van der Waals surface area contributed by atoms with Crippen LogP contribution in [0.3, 0.4) is 0 Å². The Morgan fingerprint density at radius 3 is 2.94 bits per heavy atom. The number of hydrogen-bond donors (Lipinski definition) is 1. The molecule has 0 amide bonds. The van der Waals surface area contributed by atoms with E-state index in [4.69, 9.17) is 5.10 Å². The Morgan fingerprint density at radius 1 is 1.31 bits per heavy atom. The first kappa shape index (κ1) is 10.2. The molecule has 1 aromatic heterocycles. The second-order valence-corrected chi connectivity index (χ2v) is 5.46. The van der Waals surface area contributed by atoms with E-state index in [2.05, 4.69) is 23.0 Å². The zero-order valence-electron chi connectivity index (χ0n) is 10.1. The van der Waals surface area contributed by atoms with Crippen molar-refractivity contribution in [3.05, 3.63) is 11.8 Å². The topological polar surface area (TPSA) is 29.9 Å². The Balaban J connectivity index is 1.80. The van der Waals surface area contributed by atoms with Gasteiger partial charge >= 0.3 is 0 Å². The fourth-order valence-corrected chi connectivity index (χ4v) is 2.95. The van der Waals surface area contributed by atoms with E-state index in [1.165, 1.54) is 43.6 Å². The number of rotatable bonds is 1. The molecule has 2 aliphatic rings. The number of aromatic nitrogens is 2. The van der Waals surface area contributed by atoms with Crippen LogP contribution in [0.15, 0.2) is 6.07 Å². The molecule has 3 heteroatoms. The minimum absolute atomic E-state index is 0.701. The maximum absolute atomic E-state index is 4.78. The van der Waals surface area contributed by atoms with Crippen molar-refractivity contribution >= 4 is 5.82 Å². The molecule has 1 aliphatic carbocycles. The molecule has 16 heavy (non-hydrogen) atoms. The highest BCUT2D eigenvalue weighted by molar-refractivity contribution is 5.39. The molecule has 0 saturated heterocycles. The van der Waals surface area contributed by atoms with E-state index in [9.17, 15) is 0 Å². The molecule has 1 saturated carbocycles. The molecule has 88 valence electrons. The molecule has 2 heterocycles. The Morgan fingerprint density at radius 2 is 2.12 bits per heavy atom. The molecule has 1 atom stereocenters. The zero-order valence-corrected chi connectivity index (χ0v) is 10.1. The summed E-state index contributed by atoms with van der Waals surface area (Å²) in [7, 11) is 0. The van der Waals surface area contributed by atoms with Gasteiger partial charge in [-0.1, -0.05) is 26.2 Å². The highest BCUT2D eigenvalue weighted by Gasteiger charge is 2.22. The van der Waals surface area contributed by atoms with Gasteiger partial charge in [0.05, 0.1) is 5.69 Å². The van der Waals surface area contributed by atoms with Crippen LogP contribution in [0.2, 0.25) is 0 Å². The fourth-order valence-electron chi connectivity index (χ4n) is 2.95. The first-order valence-corrected chi connectivity index (χ1v) is 6.64. The van der Waals surface area contributed by atoms with Crippen molar-refractivity contribution in [1.29, 1.82) is 0 Å². The maximum Gasteiger partial charge on any atom is 0.124 e. The van der Waals surface area contributed by atoms with E-state index < -0.39 is 0 Å². The lowest BCUT2D eigenvalue weighted by Crippen LogP contribution is -2.25. The molecule has 1 aliphatic heterocycles. The lowest BCUT2D eigenvalue weighted by molar-refractivity contribution is 0.415. The predicted molar refractivity (Wildman–Crippen MR) is 65.7 cm³/mol. The molecule has 0 radical (unpaired) electrons. The number of nitrogens with one attached hydrogen (secondary N) is 1. The molecule has 0 spiro atoms. The maximum atomic E-state index is 4.78. The molecule has 3 nitrogen and oxygen atoms in total. The van der Waals surface area contributed by atoms with Crippen LogP contribution in [0, 0.1) is 5.92 Å². The van der Waals surface area contributed by atoms with Crippen LogP contribution >= 0.6 is 0 Å². The van der Waals surface area contributed by atoms with Crippen molar-refractivity contribution in [2.75, 3.05) is 11.9 Å². The van der Waals surface area contributed by atoms with Gasteiger partial charge in [0.25, 0.3) is 0 Å². The lowest BCUT2D eigenvalue weighted by Gasteiger charge is -2.21. The van der Waals surface area contributed by atoms with Crippen molar-refractivity contribution in [1.82, 2.24) is 9.78 Å². The quantitative estimate of drug-likeness (QED) is 0.787. The fraction of sp³-hybridized carbons (Fsp3) is 0.769. The van der Waals surface area contributed by atoms with Gasteiger partial charge < -0.3 is 5.32 Å². The smallest absolute Gasteiger partial charge is 0.124 e. The normalized spacial score (nSPS) is 26.2. The summed E-state index contributed by atoms with van der Waals surface area (Å²) in [6, 6.07) is 2.28. The average molecular weight is 219 g/mol. The van der Waals surface area contributed by atoms with Gasteiger partial charge in [-0.25, -0.2) is 4.68 Å². The van der Waals surface area contributed by atoms with Crippen molar-refractivity contribution in [3.63, 3.8) is 0 Å². The van der Waals surface area contributed by atoms with Gasteiger partial charge in [-0.05, 0) is 18.8 Å². The van der Waals surface area contributed by atoms with Crippen LogP contribution < -0.4 is 5.32 Å². The molecule has 1 N–H and O–H groups in total. The van der Waals surface area contributed by atoms with E-state index in [1.807, 2.05) is 0 Å². The summed E-state index contributed by atoms with van der Waals surface area (Å²) in [4.78, 5) is 0. The van der Waals surface area contributed by atoms with Gasteiger partial charge in [-0.15, -0.1) is 0 Å². The zero-order chi connectivity index (χ0) is 11.0.